The lowest BCUT2D eigenvalue weighted by Gasteiger charge is -2.27. The van der Waals surface area contributed by atoms with Gasteiger partial charge in [0, 0.05) is 25.8 Å². The van der Waals surface area contributed by atoms with Gasteiger partial charge in [-0.25, -0.2) is 0 Å². The predicted molar refractivity (Wildman–Crippen MR) is 77.7 cm³/mol. The van der Waals surface area contributed by atoms with Crippen molar-refractivity contribution in [3.63, 3.8) is 0 Å². The number of anilines is 2. The van der Waals surface area contributed by atoms with Crippen LogP contribution in [0.1, 0.15) is 25.7 Å². The molecule has 2 rings (SSSR count). The van der Waals surface area contributed by atoms with E-state index in [4.69, 9.17) is 11.6 Å². The fourth-order valence-electron chi connectivity index (χ4n) is 2.42. The van der Waals surface area contributed by atoms with Crippen LogP contribution >= 0.6 is 11.6 Å². The third-order valence-electron chi connectivity index (χ3n) is 3.50. The highest BCUT2D eigenvalue weighted by Crippen LogP contribution is 2.29. The Kier molecular flexibility index (Phi) is 4.36. The minimum absolute atomic E-state index is 0.109. The molecule has 0 atom stereocenters. The summed E-state index contributed by atoms with van der Waals surface area (Å²) < 4.78 is 0. The maximum atomic E-state index is 9.48. The van der Waals surface area contributed by atoms with Gasteiger partial charge in [-0.3, -0.25) is 0 Å². The SMILES string of the molecule is CN(C)c1ccc(NC2CCC(O)CC2)cc1Cl. The van der Waals surface area contributed by atoms with Crippen LogP contribution in [0.25, 0.3) is 0 Å². The first-order chi connectivity index (χ1) is 8.56. The maximum Gasteiger partial charge on any atom is 0.0659 e. The number of hydrogen-bond acceptors (Lipinski definition) is 3. The molecule has 0 aromatic heterocycles. The molecule has 0 spiro atoms. The maximum absolute atomic E-state index is 9.48. The van der Waals surface area contributed by atoms with Gasteiger partial charge in [-0.2, -0.15) is 0 Å². The van der Waals surface area contributed by atoms with Gasteiger partial charge < -0.3 is 15.3 Å². The van der Waals surface area contributed by atoms with Crippen LogP contribution in [0.3, 0.4) is 0 Å². The summed E-state index contributed by atoms with van der Waals surface area (Å²) >= 11 is 6.24. The molecular formula is C14H21ClN2O. The average molecular weight is 269 g/mol. The smallest absolute Gasteiger partial charge is 0.0659 e. The first kappa shape index (κ1) is 13.5. The van der Waals surface area contributed by atoms with Crippen LogP contribution in [0.4, 0.5) is 11.4 Å². The third-order valence-corrected chi connectivity index (χ3v) is 3.80. The Morgan fingerprint density at radius 2 is 1.89 bits per heavy atom. The predicted octanol–water partition coefficient (Wildman–Crippen LogP) is 3.12. The summed E-state index contributed by atoms with van der Waals surface area (Å²) in [6.07, 6.45) is 3.72. The number of halogens is 1. The fraction of sp³-hybridized carbons (Fsp3) is 0.571. The Labute approximate surface area is 114 Å². The van der Waals surface area contributed by atoms with Gasteiger partial charge in [0.05, 0.1) is 16.8 Å². The van der Waals surface area contributed by atoms with Crippen LogP contribution in [0, 0.1) is 0 Å². The van der Waals surface area contributed by atoms with Crippen molar-refractivity contribution in [2.45, 2.75) is 37.8 Å². The summed E-state index contributed by atoms with van der Waals surface area (Å²) in [5, 5.41) is 13.7. The van der Waals surface area contributed by atoms with Crippen LogP contribution < -0.4 is 10.2 Å². The van der Waals surface area contributed by atoms with E-state index < -0.39 is 0 Å². The van der Waals surface area contributed by atoms with Crippen molar-refractivity contribution in [2.24, 2.45) is 0 Å². The van der Waals surface area contributed by atoms with Gasteiger partial charge in [-0.05, 0) is 43.9 Å². The van der Waals surface area contributed by atoms with Crippen molar-refractivity contribution in [1.82, 2.24) is 0 Å². The van der Waals surface area contributed by atoms with E-state index in [-0.39, 0.29) is 6.10 Å². The summed E-state index contributed by atoms with van der Waals surface area (Å²) in [7, 11) is 3.97. The monoisotopic (exact) mass is 268 g/mol. The molecule has 0 radical (unpaired) electrons. The molecular weight excluding hydrogens is 248 g/mol. The molecule has 100 valence electrons. The van der Waals surface area contributed by atoms with Crippen molar-refractivity contribution < 1.29 is 5.11 Å². The summed E-state index contributed by atoms with van der Waals surface area (Å²) in [4.78, 5) is 2.00. The molecule has 0 bridgehead atoms. The summed E-state index contributed by atoms with van der Waals surface area (Å²) in [6.45, 7) is 0. The van der Waals surface area contributed by atoms with Crippen molar-refractivity contribution in [3.8, 4) is 0 Å². The zero-order valence-electron chi connectivity index (χ0n) is 11.0. The second-order valence-electron chi connectivity index (χ2n) is 5.21. The van der Waals surface area contributed by atoms with Crippen LogP contribution in [-0.4, -0.2) is 31.3 Å². The lowest BCUT2D eigenvalue weighted by molar-refractivity contribution is 0.126. The number of nitrogens with one attached hydrogen (secondary N) is 1. The van der Waals surface area contributed by atoms with Crippen LogP contribution in [-0.2, 0) is 0 Å². The summed E-state index contributed by atoms with van der Waals surface area (Å²) in [6, 6.07) is 6.52. The molecule has 1 aromatic rings. The molecule has 0 heterocycles. The normalized spacial score (nSPS) is 23.8. The molecule has 1 aromatic carbocycles. The van der Waals surface area contributed by atoms with Gasteiger partial charge >= 0.3 is 0 Å². The van der Waals surface area contributed by atoms with Crippen LogP contribution in [0.5, 0.6) is 0 Å². The topological polar surface area (TPSA) is 35.5 Å². The first-order valence-electron chi connectivity index (χ1n) is 6.47. The number of benzene rings is 1. The van der Waals surface area contributed by atoms with Gasteiger partial charge in [0.2, 0.25) is 0 Å². The second kappa shape index (κ2) is 5.81. The molecule has 0 amide bonds. The Morgan fingerprint density at radius 3 is 2.44 bits per heavy atom. The van der Waals surface area contributed by atoms with E-state index in [1.165, 1.54) is 0 Å². The first-order valence-corrected chi connectivity index (χ1v) is 6.85. The van der Waals surface area contributed by atoms with E-state index in [2.05, 4.69) is 11.4 Å². The molecule has 0 saturated heterocycles. The van der Waals surface area contributed by atoms with E-state index in [1.54, 1.807) is 0 Å². The summed E-state index contributed by atoms with van der Waals surface area (Å²) in [5.74, 6) is 0. The van der Waals surface area contributed by atoms with E-state index in [1.807, 2.05) is 31.1 Å². The fourth-order valence-corrected chi connectivity index (χ4v) is 2.76. The highest BCUT2D eigenvalue weighted by Gasteiger charge is 2.19. The zero-order chi connectivity index (χ0) is 13.1. The molecule has 1 aliphatic rings. The number of aliphatic hydroxyl groups is 1. The average Bonchev–Trinajstić information content (AvgIpc) is 2.32. The van der Waals surface area contributed by atoms with Crippen LogP contribution in [0.15, 0.2) is 18.2 Å². The Balaban J connectivity index is 2.00. The molecule has 4 heteroatoms. The molecule has 0 unspecified atom stereocenters. The molecule has 18 heavy (non-hydrogen) atoms. The van der Waals surface area contributed by atoms with Crippen LogP contribution in [0.2, 0.25) is 5.02 Å². The molecule has 1 aliphatic carbocycles. The Hall–Kier alpha value is -0.930. The molecule has 2 N–H and O–H groups in total. The van der Waals surface area contributed by atoms with Crippen molar-refractivity contribution in [3.05, 3.63) is 23.2 Å². The van der Waals surface area contributed by atoms with Crippen molar-refractivity contribution in [1.29, 1.82) is 0 Å². The van der Waals surface area contributed by atoms with E-state index in [9.17, 15) is 5.11 Å². The molecule has 1 fully saturated rings. The quantitative estimate of drug-likeness (QED) is 0.884. The zero-order valence-corrected chi connectivity index (χ0v) is 11.7. The van der Waals surface area contributed by atoms with E-state index in [0.29, 0.717) is 6.04 Å². The largest absolute Gasteiger partial charge is 0.393 e. The second-order valence-corrected chi connectivity index (χ2v) is 5.62. The number of rotatable bonds is 3. The highest BCUT2D eigenvalue weighted by atomic mass is 35.5. The number of hydrogen-bond donors (Lipinski definition) is 2. The molecule has 0 aliphatic heterocycles. The third kappa shape index (κ3) is 3.30. The van der Waals surface area contributed by atoms with Gasteiger partial charge in [-0.1, -0.05) is 11.6 Å². The van der Waals surface area contributed by atoms with Gasteiger partial charge in [0.25, 0.3) is 0 Å². The van der Waals surface area contributed by atoms with E-state index >= 15 is 0 Å². The van der Waals surface area contributed by atoms with Gasteiger partial charge in [0.1, 0.15) is 0 Å². The van der Waals surface area contributed by atoms with Gasteiger partial charge in [-0.15, -0.1) is 0 Å². The standard InChI is InChI=1S/C14H21ClN2O/c1-17(2)14-8-5-11(9-13(14)15)16-10-3-6-12(18)7-4-10/h5,8-10,12,16,18H,3-4,6-7H2,1-2H3. The van der Waals surface area contributed by atoms with E-state index in [0.717, 1.165) is 42.1 Å². The van der Waals surface area contributed by atoms with Crippen molar-refractivity contribution in [2.75, 3.05) is 24.3 Å². The Bertz CT molecular complexity index is 401. The molecule has 3 nitrogen and oxygen atoms in total. The number of nitrogens with zero attached hydrogens (tertiary/aromatic N) is 1. The van der Waals surface area contributed by atoms with Crippen molar-refractivity contribution >= 4 is 23.0 Å². The summed E-state index contributed by atoms with van der Waals surface area (Å²) in [5.41, 5.74) is 2.09. The Morgan fingerprint density at radius 1 is 1.22 bits per heavy atom. The van der Waals surface area contributed by atoms with Gasteiger partial charge in [0.15, 0.2) is 0 Å². The lowest BCUT2D eigenvalue weighted by Crippen LogP contribution is -2.28. The minimum Gasteiger partial charge on any atom is -0.393 e. The lowest BCUT2D eigenvalue weighted by atomic mass is 9.93. The number of aliphatic hydroxyl groups excluding tert-OH is 1. The highest BCUT2D eigenvalue weighted by molar-refractivity contribution is 6.33. The molecule has 1 saturated carbocycles. The minimum atomic E-state index is -0.109.